The van der Waals surface area contributed by atoms with Crippen LogP contribution in [0.1, 0.15) is 18.0 Å². The molecule has 122 valence electrons. The molecule has 2 aromatic rings. The summed E-state index contributed by atoms with van der Waals surface area (Å²) in [5, 5.41) is 11.8. The maximum absolute atomic E-state index is 12.4. The highest BCUT2D eigenvalue weighted by Crippen LogP contribution is 2.22. The third-order valence-corrected chi connectivity index (χ3v) is 5.06. The van der Waals surface area contributed by atoms with Gasteiger partial charge in [-0.1, -0.05) is 35.3 Å². The fraction of sp³-hybridized carbons (Fsp3) is 0.133. The van der Waals surface area contributed by atoms with Gasteiger partial charge in [-0.15, -0.1) is 0 Å². The summed E-state index contributed by atoms with van der Waals surface area (Å²) in [7, 11) is -3.91. The molecule has 0 saturated heterocycles. The normalized spacial score (nSPS) is 12.8. The van der Waals surface area contributed by atoms with Gasteiger partial charge < -0.3 is 9.90 Å². The third-order valence-electron chi connectivity index (χ3n) is 3.06. The predicted molar refractivity (Wildman–Crippen MR) is 85.6 cm³/mol. The molecule has 5 nitrogen and oxygen atoms in total. The van der Waals surface area contributed by atoms with Crippen molar-refractivity contribution in [2.45, 2.75) is 17.4 Å². The highest BCUT2D eigenvalue weighted by atomic mass is 35.5. The van der Waals surface area contributed by atoms with Crippen LogP contribution in [0.25, 0.3) is 0 Å². The lowest BCUT2D eigenvalue weighted by atomic mass is 10.1. The number of carbonyl (C=O) groups is 1. The van der Waals surface area contributed by atoms with Crippen molar-refractivity contribution in [3.63, 3.8) is 0 Å². The summed E-state index contributed by atoms with van der Waals surface area (Å²) in [5.41, 5.74) is 0.469. The maximum Gasteiger partial charge on any atom is 0.241 e. The molecule has 0 aliphatic heterocycles. The standard InChI is InChI=1S/C15H13Cl2NO4S/c16-11-3-1-10(2-4-11)14(9-15(19)20)18-23(21,22)13-7-5-12(17)6-8-13/h1-8,14,18H,9H2,(H,19,20)/p-1/t14-/m0/s1. The third kappa shape index (κ3) is 4.94. The monoisotopic (exact) mass is 372 g/mol. The number of carboxylic acids is 1. The molecule has 0 fully saturated rings. The maximum atomic E-state index is 12.4. The summed E-state index contributed by atoms with van der Waals surface area (Å²) >= 11 is 11.5. The zero-order chi connectivity index (χ0) is 17.0. The van der Waals surface area contributed by atoms with Gasteiger partial charge in [0, 0.05) is 22.4 Å². The number of hydrogen-bond acceptors (Lipinski definition) is 4. The number of aliphatic carboxylic acids is 1. The molecular weight excluding hydrogens is 361 g/mol. The van der Waals surface area contributed by atoms with E-state index in [0.29, 0.717) is 15.6 Å². The molecule has 2 aromatic carbocycles. The molecule has 0 saturated carbocycles. The molecule has 0 heterocycles. The Morgan fingerprint density at radius 3 is 1.96 bits per heavy atom. The molecule has 0 amide bonds. The minimum atomic E-state index is -3.91. The van der Waals surface area contributed by atoms with Crippen LogP contribution in [0.3, 0.4) is 0 Å². The first-order chi connectivity index (χ1) is 10.8. The van der Waals surface area contributed by atoms with Crippen LogP contribution in [0.4, 0.5) is 0 Å². The molecule has 8 heteroatoms. The van der Waals surface area contributed by atoms with Crippen LogP contribution in [0, 0.1) is 0 Å². The van der Waals surface area contributed by atoms with Gasteiger partial charge in [-0.2, -0.15) is 0 Å². The molecule has 0 bridgehead atoms. The Hall–Kier alpha value is -1.60. The molecule has 0 aromatic heterocycles. The lowest BCUT2D eigenvalue weighted by molar-refractivity contribution is -0.306. The average molecular weight is 373 g/mol. The van der Waals surface area contributed by atoms with E-state index in [2.05, 4.69) is 4.72 Å². The zero-order valence-electron chi connectivity index (χ0n) is 11.7. The summed E-state index contributed by atoms with van der Waals surface area (Å²) in [4.78, 5) is 10.9. The summed E-state index contributed by atoms with van der Waals surface area (Å²) in [5.74, 6) is -1.37. The highest BCUT2D eigenvalue weighted by molar-refractivity contribution is 7.89. The molecule has 0 spiro atoms. The first-order valence-corrected chi connectivity index (χ1v) is 8.75. The predicted octanol–water partition coefficient (Wildman–Crippen LogP) is 2.15. The second kappa shape index (κ2) is 7.31. The Morgan fingerprint density at radius 2 is 1.48 bits per heavy atom. The van der Waals surface area contributed by atoms with E-state index in [1.54, 1.807) is 24.3 Å². The number of benzene rings is 2. The summed E-state index contributed by atoms with van der Waals surface area (Å²) < 4.78 is 27.1. The smallest absolute Gasteiger partial charge is 0.241 e. The van der Waals surface area contributed by atoms with Gasteiger partial charge in [-0.05, 0) is 42.0 Å². The van der Waals surface area contributed by atoms with E-state index in [0.717, 1.165) is 0 Å². The van der Waals surface area contributed by atoms with Gasteiger partial charge in [0.25, 0.3) is 0 Å². The minimum absolute atomic E-state index is 0.0146. The molecule has 1 N–H and O–H groups in total. The van der Waals surface area contributed by atoms with Crippen LogP contribution in [0.15, 0.2) is 53.4 Å². The lowest BCUT2D eigenvalue weighted by Gasteiger charge is -2.20. The van der Waals surface area contributed by atoms with E-state index in [1.807, 2.05) is 0 Å². The highest BCUT2D eigenvalue weighted by Gasteiger charge is 2.21. The van der Waals surface area contributed by atoms with Gasteiger partial charge >= 0.3 is 0 Å². The van der Waals surface area contributed by atoms with Crippen LogP contribution in [0.2, 0.25) is 10.0 Å². The topological polar surface area (TPSA) is 86.3 Å². The van der Waals surface area contributed by atoms with E-state index >= 15 is 0 Å². The Morgan fingerprint density at radius 1 is 1.00 bits per heavy atom. The van der Waals surface area contributed by atoms with Gasteiger partial charge in [0.05, 0.1) is 10.9 Å². The van der Waals surface area contributed by atoms with Gasteiger partial charge in [-0.25, -0.2) is 13.1 Å². The minimum Gasteiger partial charge on any atom is -0.550 e. The van der Waals surface area contributed by atoms with Crippen LogP contribution in [0.5, 0.6) is 0 Å². The van der Waals surface area contributed by atoms with Crippen molar-refractivity contribution in [3.8, 4) is 0 Å². The number of carboxylic acid groups (broad SMARTS) is 1. The molecule has 0 aliphatic carbocycles. The van der Waals surface area contributed by atoms with Crippen molar-refractivity contribution < 1.29 is 18.3 Å². The summed E-state index contributed by atoms with van der Waals surface area (Å²) in [6.45, 7) is 0. The lowest BCUT2D eigenvalue weighted by Crippen LogP contribution is -2.34. The molecule has 23 heavy (non-hydrogen) atoms. The van der Waals surface area contributed by atoms with Crippen LogP contribution in [-0.2, 0) is 14.8 Å². The number of halogens is 2. The number of hydrogen-bond donors (Lipinski definition) is 1. The van der Waals surface area contributed by atoms with Crippen molar-refractivity contribution in [2.75, 3.05) is 0 Å². The second-order valence-corrected chi connectivity index (χ2v) is 7.34. The van der Waals surface area contributed by atoms with Crippen molar-refractivity contribution in [1.29, 1.82) is 0 Å². The SMILES string of the molecule is O=C([O-])C[C@H](NS(=O)(=O)c1ccc(Cl)cc1)c1ccc(Cl)cc1. The van der Waals surface area contributed by atoms with E-state index < -0.39 is 28.5 Å². The fourth-order valence-corrected chi connectivity index (χ4v) is 3.43. The van der Waals surface area contributed by atoms with Gasteiger partial charge in [0.1, 0.15) is 0 Å². The fourth-order valence-electron chi connectivity index (χ4n) is 1.96. The van der Waals surface area contributed by atoms with Crippen LogP contribution < -0.4 is 9.83 Å². The number of nitrogens with one attached hydrogen (secondary N) is 1. The molecule has 0 unspecified atom stereocenters. The van der Waals surface area contributed by atoms with Crippen molar-refractivity contribution >= 4 is 39.2 Å². The molecule has 1 atom stereocenters. The summed E-state index contributed by atoms with van der Waals surface area (Å²) in [6, 6.07) is 10.8. The van der Waals surface area contributed by atoms with E-state index in [4.69, 9.17) is 23.2 Å². The largest absolute Gasteiger partial charge is 0.550 e. The zero-order valence-corrected chi connectivity index (χ0v) is 14.0. The number of carbonyl (C=O) groups excluding carboxylic acids is 1. The van der Waals surface area contributed by atoms with Gasteiger partial charge in [-0.3, -0.25) is 0 Å². The van der Waals surface area contributed by atoms with Gasteiger partial charge in [0.2, 0.25) is 10.0 Å². The first-order valence-electron chi connectivity index (χ1n) is 6.51. The van der Waals surface area contributed by atoms with Crippen molar-refractivity contribution in [2.24, 2.45) is 0 Å². The van der Waals surface area contributed by atoms with Crippen molar-refractivity contribution in [1.82, 2.24) is 4.72 Å². The molecule has 0 radical (unpaired) electrons. The molecule has 0 aliphatic rings. The Labute approximate surface area is 143 Å². The molecular formula is C15H12Cl2NO4S-. The Balaban J connectivity index is 2.31. The number of rotatable bonds is 6. The van der Waals surface area contributed by atoms with Crippen LogP contribution >= 0.6 is 23.2 Å². The van der Waals surface area contributed by atoms with E-state index in [1.165, 1.54) is 24.3 Å². The van der Waals surface area contributed by atoms with Crippen LogP contribution in [-0.4, -0.2) is 14.4 Å². The molecule has 2 rings (SSSR count). The number of sulfonamides is 1. The Kier molecular flexibility index (Phi) is 5.64. The van der Waals surface area contributed by atoms with E-state index in [-0.39, 0.29) is 4.90 Å². The Bertz CT molecular complexity index is 789. The van der Waals surface area contributed by atoms with E-state index in [9.17, 15) is 18.3 Å². The van der Waals surface area contributed by atoms with Crippen molar-refractivity contribution in [3.05, 3.63) is 64.1 Å². The van der Waals surface area contributed by atoms with Gasteiger partial charge in [0.15, 0.2) is 0 Å². The first kappa shape index (κ1) is 17.7. The quantitative estimate of drug-likeness (QED) is 0.841. The average Bonchev–Trinajstić information content (AvgIpc) is 2.47. The summed E-state index contributed by atoms with van der Waals surface area (Å²) in [6.07, 6.45) is -0.506. The second-order valence-electron chi connectivity index (χ2n) is 4.76.